The van der Waals surface area contributed by atoms with Gasteiger partial charge in [-0.2, -0.15) is 20.0 Å². The first-order valence-electron chi connectivity index (χ1n) is 7.16. The first-order chi connectivity index (χ1) is 10.8. The summed E-state index contributed by atoms with van der Waals surface area (Å²) in [5.74, 6) is 0.650. The van der Waals surface area contributed by atoms with Gasteiger partial charge in [0.1, 0.15) is 5.69 Å². The monoisotopic (exact) mass is 310 g/mol. The maximum Gasteiger partial charge on any atom is 0.216 e. The van der Waals surface area contributed by atoms with Crippen molar-refractivity contribution >= 4 is 18.4 Å². The van der Waals surface area contributed by atoms with Gasteiger partial charge in [0.05, 0.1) is 6.21 Å². The highest BCUT2D eigenvalue weighted by molar-refractivity contribution is 7.71. The van der Waals surface area contributed by atoms with Gasteiger partial charge in [0.15, 0.2) is 0 Å². The van der Waals surface area contributed by atoms with Crippen molar-refractivity contribution in [2.75, 3.05) is 0 Å². The Labute approximate surface area is 131 Å². The number of hydrogen-bond acceptors (Lipinski definition) is 4. The Morgan fingerprint density at radius 3 is 2.86 bits per heavy atom. The Balaban J connectivity index is 1.76. The second kappa shape index (κ2) is 5.34. The zero-order chi connectivity index (χ0) is 14.9. The first kappa shape index (κ1) is 13.1. The Morgan fingerprint density at radius 2 is 2.00 bits per heavy atom. The highest BCUT2D eigenvalue weighted by Gasteiger charge is 2.23. The summed E-state index contributed by atoms with van der Waals surface area (Å²) in [5.41, 5.74) is 4.27. The number of aromatic nitrogens is 5. The van der Waals surface area contributed by atoms with Crippen LogP contribution in [0.25, 0.3) is 11.5 Å². The molecule has 1 aliphatic carbocycles. The maximum absolute atomic E-state index is 5.28. The molecule has 22 heavy (non-hydrogen) atoms. The van der Waals surface area contributed by atoms with Gasteiger partial charge in [0.2, 0.25) is 10.6 Å². The summed E-state index contributed by atoms with van der Waals surface area (Å²) in [6, 6.07) is 9.88. The molecule has 0 saturated carbocycles. The molecule has 1 aromatic carbocycles. The summed E-state index contributed by atoms with van der Waals surface area (Å²) in [7, 11) is 0. The summed E-state index contributed by atoms with van der Waals surface area (Å²) in [5, 5.41) is 19.0. The SMILES string of the molecule is S=c1[nH]nc(-c2n[nH]c3c2CCC3)n1/N=C/c1ccccc1. The number of nitrogens with one attached hydrogen (secondary N) is 2. The topological polar surface area (TPSA) is 74.7 Å². The van der Waals surface area contributed by atoms with E-state index in [4.69, 9.17) is 12.2 Å². The van der Waals surface area contributed by atoms with E-state index < -0.39 is 0 Å². The third-order valence-electron chi connectivity index (χ3n) is 3.79. The standard InChI is InChI=1S/C15H14N6S/c22-15-20-19-14(13-11-7-4-8-12(11)17-18-13)21(15)16-9-10-5-2-1-3-6-10/h1-3,5-6,9H,4,7-8H2,(H,17,18)(H,20,22)/b16-9+. The van der Waals surface area contributed by atoms with E-state index >= 15 is 0 Å². The molecule has 0 radical (unpaired) electrons. The number of H-pyrrole nitrogens is 2. The van der Waals surface area contributed by atoms with Gasteiger partial charge >= 0.3 is 0 Å². The maximum atomic E-state index is 5.28. The van der Waals surface area contributed by atoms with E-state index in [0.29, 0.717) is 10.6 Å². The Morgan fingerprint density at radius 1 is 1.14 bits per heavy atom. The van der Waals surface area contributed by atoms with Crippen LogP contribution in [0.3, 0.4) is 0 Å². The zero-order valence-electron chi connectivity index (χ0n) is 11.8. The molecule has 110 valence electrons. The lowest BCUT2D eigenvalue weighted by molar-refractivity contribution is 0.844. The lowest BCUT2D eigenvalue weighted by Crippen LogP contribution is -1.97. The van der Waals surface area contributed by atoms with Crippen LogP contribution in [0.15, 0.2) is 35.4 Å². The van der Waals surface area contributed by atoms with E-state index in [9.17, 15) is 0 Å². The van der Waals surface area contributed by atoms with Crippen molar-refractivity contribution < 1.29 is 0 Å². The van der Waals surface area contributed by atoms with Gasteiger partial charge in [-0.3, -0.25) is 5.10 Å². The molecule has 0 spiro atoms. The third-order valence-corrected chi connectivity index (χ3v) is 4.05. The quantitative estimate of drug-likeness (QED) is 0.577. The van der Waals surface area contributed by atoms with E-state index in [1.807, 2.05) is 30.3 Å². The van der Waals surface area contributed by atoms with Gasteiger partial charge in [0.25, 0.3) is 0 Å². The highest BCUT2D eigenvalue weighted by Crippen LogP contribution is 2.29. The van der Waals surface area contributed by atoms with Crippen LogP contribution in [0.4, 0.5) is 0 Å². The minimum atomic E-state index is 0.455. The number of aromatic amines is 2. The Kier molecular flexibility index (Phi) is 3.19. The van der Waals surface area contributed by atoms with Crippen LogP contribution in [-0.2, 0) is 12.8 Å². The summed E-state index contributed by atoms with van der Waals surface area (Å²) in [4.78, 5) is 0. The number of hydrogen-bond donors (Lipinski definition) is 2. The van der Waals surface area contributed by atoms with Crippen molar-refractivity contribution in [3.05, 3.63) is 51.9 Å². The minimum absolute atomic E-state index is 0.455. The molecule has 0 aliphatic heterocycles. The van der Waals surface area contributed by atoms with Gasteiger partial charge in [-0.1, -0.05) is 30.3 Å². The van der Waals surface area contributed by atoms with E-state index in [1.54, 1.807) is 10.9 Å². The zero-order valence-corrected chi connectivity index (χ0v) is 12.6. The van der Waals surface area contributed by atoms with E-state index in [-0.39, 0.29) is 0 Å². The van der Waals surface area contributed by atoms with Crippen molar-refractivity contribution in [3.63, 3.8) is 0 Å². The van der Waals surface area contributed by atoms with Gasteiger partial charge in [-0.25, -0.2) is 5.10 Å². The van der Waals surface area contributed by atoms with Gasteiger partial charge in [0, 0.05) is 11.3 Å². The Bertz CT molecular complexity index is 886. The number of fused-ring (bicyclic) bond motifs is 1. The molecular formula is C15H14N6S. The second-order valence-electron chi connectivity index (χ2n) is 5.20. The Hall–Kier alpha value is -2.54. The highest BCUT2D eigenvalue weighted by atomic mass is 32.1. The molecule has 2 N–H and O–H groups in total. The van der Waals surface area contributed by atoms with Crippen LogP contribution in [0.5, 0.6) is 0 Å². The van der Waals surface area contributed by atoms with Crippen LogP contribution >= 0.6 is 12.2 Å². The molecule has 3 aromatic rings. The van der Waals surface area contributed by atoms with Gasteiger partial charge in [-0.15, -0.1) is 0 Å². The van der Waals surface area contributed by atoms with Crippen molar-refractivity contribution in [3.8, 4) is 11.5 Å². The van der Waals surface area contributed by atoms with Crippen LogP contribution < -0.4 is 0 Å². The fraction of sp³-hybridized carbons (Fsp3) is 0.200. The predicted octanol–water partition coefficient (Wildman–Crippen LogP) is 2.70. The van der Waals surface area contributed by atoms with Crippen molar-refractivity contribution in [1.82, 2.24) is 25.1 Å². The van der Waals surface area contributed by atoms with Crippen LogP contribution in [0, 0.1) is 4.77 Å². The second-order valence-corrected chi connectivity index (χ2v) is 5.59. The summed E-state index contributed by atoms with van der Waals surface area (Å²) >= 11 is 5.28. The largest absolute Gasteiger partial charge is 0.282 e. The molecular weight excluding hydrogens is 296 g/mol. The van der Waals surface area contributed by atoms with E-state index in [0.717, 1.165) is 30.5 Å². The molecule has 7 heteroatoms. The summed E-state index contributed by atoms with van der Waals surface area (Å²) < 4.78 is 2.08. The lowest BCUT2D eigenvalue weighted by atomic mass is 10.2. The molecule has 6 nitrogen and oxygen atoms in total. The molecule has 0 bridgehead atoms. The number of rotatable bonds is 3. The van der Waals surface area contributed by atoms with Gasteiger partial charge in [-0.05, 0) is 37.0 Å². The molecule has 0 amide bonds. The van der Waals surface area contributed by atoms with Crippen molar-refractivity contribution in [2.45, 2.75) is 19.3 Å². The number of nitrogens with zero attached hydrogens (tertiary/aromatic N) is 4. The van der Waals surface area contributed by atoms with Crippen LogP contribution in [0.1, 0.15) is 23.2 Å². The number of aryl methyl sites for hydroxylation is 1. The fourth-order valence-electron chi connectivity index (χ4n) is 2.72. The molecule has 1 aliphatic rings. The van der Waals surface area contributed by atoms with Crippen LogP contribution in [-0.4, -0.2) is 31.3 Å². The smallest absolute Gasteiger partial charge is 0.216 e. The van der Waals surface area contributed by atoms with Gasteiger partial charge < -0.3 is 0 Å². The van der Waals surface area contributed by atoms with E-state index in [1.165, 1.54) is 11.3 Å². The molecule has 4 rings (SSSR count). The number of benzene rings is 1. The average molecular weight is 310 g/mol. The fourth-order valence-corrected chi connectivity index (χ4v) is 2.90. The summed E-state index contributed by atoms with van der Waals surface area (Å²) in [6.07, 6.45) is 4.97. The molecule has 2 heterocycles. The summed E-state index contributed by atoms with van der Waals surface area (Å²) in [6.45, 7) is 0. The average Bonchev–Trinajstić information content (AvgIpc) is 3.22. The molecule has 0 atom stereocenters. The van der Waals surface area contributed by atoms with Crippen LogP contribution in [0.2, 0.25) is 0 Å². The van der Waals surface area contributed by atoms with Crippen molar-refractivity contribution in [1.29, 1.82) is 0 Å². The first-order valence-corrected chi connectivity index (χ1v) is 7.57. The molecule has 0 fully saturated rings. The van der Waals surface area contributed by atoms with Crippen molar-refractivity contribution in [2.24, 2.45) is 5.10 Å². The molecule has 0 saturated heterocycles. The predicted molar refractivity (Wildman–Crippen MR) is 86.5 cm³/mol. The molecule has 0 unspecified atom stereocenters. The minimum Gasteiger partial charge on any atom is -0.282 e. The normalized spacial score (nSPS) is 13.8. The molecule has 2 aromatic heterocycles. The lowest BCUT2D eigenvalue weighted by Gasteiger charge is -1.99. The van der Waals surface area contributed by atoms with E-state index in [2.05, 4.69) is 25.5 Å². The third kappa shape index (κ3) is 2.19.